The quantitative estimate of drug-likeness (QED) is 0.925. The van der Waals surface area contributed by atoms with Crippen LogP contribution in [0.25, 0.3) is 0 Å². The topological polar surface area (TPSA) is 75.2 Å². The fourth-order valence-corrected chi connectivity index (χ4v) is 2.67. The summed E-state index contributed by atoms with van der Waals surface area (Å²) in [7, 11) is -1.00. The van der Waals surface area contributed by atoms with Gasteiger partial charge in [0.15, 0.2) is 0 Å². The maximum absolute atomic E-state index is 13.7. The van der Waals surface area contributed by atoms with Crippen molar-refractivity contribution in [1.29, 1.82) is 0 Å². The van der Waals surface area contributed by atoms with Crippen molar-refractivity contribution >= 4 is 21.7 Å². The van der Waals surface area contributed by atoms with Crippen LogP contribution < -0.4 is 9.62 Å². The van der Waals surface area contributed by atoms with E-state index >= 15 is 0 Å². The second-order valence-electron chi connectivity index (χ2n) is 3.92. The van der Waals surface area contributed by atoms with Gasteiger partial charge >= 0.3 is 0 Å². The third-order valence-electron chi connectivity index (χ3n) is 2.70. The summed E-state index contributed by atoms with van der Waals surface area (Å²) in [5.74, 6) is -0.316. The van der Waals surface area contributed by atoms with Gasteiger partial charge in [0.05, 0.1) is 18.1 Å². The Morgan fingerprint density at radius 3 is 2.35 bits per heavy atom. The van der Waals surface area contributed by atoms with E-state index in [0.29, 0.717) is 5.95 Å². The molecule has 1 heterocycles. The number of hydrogen-bond acceptors (Lipinski definition) is 5. The van der Waals surface area contributed by atoms with Gasteiger partial charge in [0, 0.05) is 14.1 Å². The van der Waals surface area contributed by atoms with Crippen LogP contribution in [0.4, 0.5) is 16.0 Å². The highest BCUT2D eigenvalue weighted by atomic mass is 32.2. The van der Waals surface area contributed by atoms with Crippen LogP contribution in [0.15, 0.2) is 41.6 Å². The van der Waals surface area contributed by atoms with Crippen LogP contribution >= 0.6 is 0 Å². The summed E-state index contributed by atoms with van der Waals surface area (Å²) in [4.78, 5) is 7.57. The molecule has 1 aromatic heterocycles. The molecule has 0 spiro atoms. The van der Waals surface area contributed by atoms with Crippen molar-refractivity contribution in [2.75, 3.05) is 23.7 Å². The van der Waals surface area contributed by atoms with Crippen molar-refractivity contribution in [2.45, 2.75) is 4.90 Å². The first-order valence-electron chi connectivity index (χ1n) is 5.70. The number of aromatic nitrogens is 2. The number of nitrogens with one attached hydrogen (secondary N) is 1. The number of para-hydroxylation sites is 1. The molecule has 2 rings (SSSR count). The molecular weight excluding hydrogens is 283 g/mol. The maximum atomic E-state index is 13.7. The van der Waals surface area contributed by atoms with Crippen LogP contribution in [-0.4, -0.2) is 32.5 Å². The van der Waals surface area contributed by atoms with Crippen molar-refractivity contribution in [3.63, 3.8) is 0 Å². The zero-order valence-corrected chi connectivity index (χ0v) is 11.7. The lowest BCUT2D eigenvalue weighted by molar-refractivity contribution is 0.589. The number of nitrogens with zero attached hydrogens (tertiary/aromatic N) is 3. The van der Waals surface area contributed by atoms with E-state index in [0.717, 1.165) is 4.31 Å². The number of hydrogen-bond donors (Lipinski definition) is 1. The van der Waals surface area contributed by atoms with Gasteiger partial charge in [0.2, 0.25) is 5.95 Å². The van der Waals surface area contributed by atoms with Gasteiger partial charge in [-0.25, -0.2) is 22.8 Å². The fourth-order valence-electron chi connectivity index (χ4n) is 1.57. The summed E-state index contributed by atoms with van der Waals surface area (Å²) in [5, 5.41) is 2.68. The van der Waals surface area contributed by atoms with E-state index < -0.39 is 15.8 Å². The Labute approximate surface area is 116 Å². The minimum atomic E-state index is -3.90. The summed E-state index contributed by atoms with van der Waals surface area (Å²) in [5.41, 5.74) is -0.0369. The van der Waals surface area contributed by atoms with Gasteiger partial charge in [0.25, 0.3) is 10.0 Å². The first-order chi connectivity index (χ1) is 9.46. The molecule has 0 saturated carbocycles. The Kier molecular flexibility index (Phi) is 3.84. The molecule has 0 amide bonds. The van der Waals surface area contributed by atoms with E-state index in [1.165, 1.54) is 37.6 Å². The summed E-state index contributed by atoms with van der Waals surface area (Å²) in [6, 6.07) is 5.63. The zero-order chi connectivity index (χ0) is 14.8. The maximum Gasteiger partial charge on any atom is 0.267 e. The predicted octanol–water partition coefficient (Wildman–Crippen LogP) is 1.48. The molecule has 0 aliphatic carbocycles. The molecule has 0 radical (unpaired) electrons. The Bertz CT molecular complexity index is 704. The lowest BCUT2D eigenvalue weighted by atomic mass is 10.3. The molecule has 0 fully saturated rings. The first kappa shape index (κ1) is 14.2. The molecule has 0 bridgehead atoms. The van der Waals surface area contributed by atoms with Gasteiger partial charge < -0.3 is 5.32 Å². The van der Waals surface area contributed by atoms with Gasteiger partial charge in [-0.15, -0.1) is 0 Å². The number of anilines is 2. The molecule has 6 nitrogen and oxygen atoms in total. The minimum absolute atomic E-state index is 0.0369. The first-order valence-corrected chi connectivity index (χ1v) is 7.14. The third-order valence-corrected chi connectivity index (χ3v) is 4.43. The molecule has 0 unspecified atom stereocenters. The number of sulfonamides is 1. The van der Waals surface area contributed by atoms with E-state index in [-0.39, 0.29) is 10.6 Å². The highest BCUT2D eigenvalue weighted by Crippen LogP contribution is 2.23. The zero-order valence-electron chi connectivity index (χ0n) is 10.9. The molecule has 0 atom stereocenters. The fraction of sp³-hybridized carbons (Fsp3) is 0.167. The van der Waals surface area contributed by atoms with Crippen molar-refractivity contribution < 1.29 is 12.8 Å². The molecule has 1 aromatic carbocycles. The summed E-state index contributed by atoms with van der Waals surface area (Å²) >= 11 is 0. The smallest absolute Gasteiger partial charge is 0.267 e. The average molecular weight is 296 g/mol. The monoisotopic (exact) mass is 296 g/mol. The molecule has 20 heavy (non-hydrogen) atoms. The van der Waals surface area contributed by atoms with Crippen LogP contribution in [0.3, 0.4) is 0 Å². The van der Waals surface area contributed by atoms with Crippen molar-refractivity contribution in [2.24, 2.45) is 0 Å². The highest BCUT2D eigenvalue weighted by Gasteiger charge is 2.24. The van der Waals surface area contributed by atoms with E-state index in [1.54, 1.807) is 13.1 Å². The van der Waals surface area contributed by atoms with Crippen molar-refractivity contribution in [1.82, 2.24) is 9.97 Å². The van der Waals surface area contributed by atoms with E-state index in [2.05, 4.69) is 15.3 Å². The Balaban J connectivity index is 2.41. The predicted molar refractivity (Wildman–Crippen MR) is 73.6 cm³/mol. The SMILES string of the molecule is CNc1ncc(S(=O)(=O)N(C)c2ccccc2F)cn1. The van der Waals surface area contributed by atoms with Gasteiger partial charge in [-0.1, -0.05) is 12.1 Å². The summed E-state index contributed by atoms with van der Waals surface area (Å²) in [6.07, 6.45) is 2.34. The van der Waals surface area contributed by atoms with Crippen molar-refractivity contribution in [3.05, 3.63) is 42.5 Å². The van der Waals surface area contributed by atoms with E-state index in [9.17, 15) is 12.8 Å². The normalized spacial score (nSPS) is 11.2. The standard InChI is InChI=1S/C12H13FN4O2S/c1-14-12-15-7-9(8-16-12)20(18,19)17(2)11-6-4-3-5-10(11)13/h3-8H,1-2H3,(H,14,15,16). The molecule has 0 aliphatic heterocycles. The highest BCUT2D eigenvalue weighted by molar-refractivity contribution is 7.92. The van der Waals surface area contributed by atoms with Crippen molar-refractivity contribution in [3.8, 4) is 0 Å². The molecule has 1 N–H and O–H groups in total. The van der Waals surface area contributed by atoms with E-state index in [4.69, 9.17) is 0 Å². The molecule has 2 aromatic rings. The van der Waals surface area contributed by atoms with Gasteiger partial charge in [0.1, 0.15) is 10.7 Å². The third kappa shape index (κ3) is 2.55. The molecule has 0 aliphatic rings. The van der Waals surface area contributed by atoms with E-state index in [1.807, 2.05) is 0 Å². The van der Waals surface area contributed by atoms with Crippen LogP contribution in [0.1, 0.15) is 0 Å². The largest absolute Gasteiger partial charge is 0.357 e. The van der Waals surface area contributed by atoms with Gasteiger partial charge in [-0.05, 0) is 12.1 Å². The number of rotatable bonds is 4. The molecule has 8 heteroatoms. The second-order valence-corrected chi connectivity index (χ2v) is 5.89. The van der Waals surface area contributed by atoms with Gasteiger partial charge in [-0.3, -0.25) is 4.31 Å². The summed E-state index contributed by atoms with van der Waals surface area (Å²) in [6.45, 7) is 0. The van der Waals surface area contributed by atoms with Crippen LogP contribution in [0.2, 0.25) is 0 Å². The molecular formula is C12H13FN4O2S. The van der Waals surface area contributed by atoms with Gasteiger partial charge in [-0.2, -0.15) is 0 Å². The van der Waals surface area contributed by atoms with Crippen LogP contribution in [0, 0.1) is 5.82 Å². The molecule has 106 valence electrons. The lowest BCUT2D eigenvalue weighted by Gasteiger charge is -2.19. The second kappa shape index (κ2) is 5.41. The number of benzene rings is 1. The molecule has 0 saturated heterocycles. The summed E-state index contributed by atoms with van der Waals surface area (Å²) < 4.78 is 39.2. The average Bonchev–Trinajstić information content (AvgIpc) is 2.47. The van der Waals surface area contributed by atoms with Crippen LogP contribution in [-0.2, 0) is 10.0 Å². The Morgan fingerprint density at radius 2 is 1.80 bits per heavy atom. The Hall–Kier alpha value is -2.22. The van der Waals surface area contributed by atoms with Crippen LogP contribution in [0.5, 0.6) is 0 Å². The number of halogens is 1. The minimum Gasteiger partial charge on any atom is -0.357 e. The lowest BCUT2D eigenvalue weighted by Crippen LogP contribution is -2.27. The Morgan fingerprint density at radius 1 is 1.20 bits per heavy atom.